The zero-order valence-corrected chi connectivity index (χ0v) is 27.5. The van der Waals surface area contributed by atoms with Crippen LogP contribution < -0.4 is 9.62 Å². The predicted molar refractivity (Wildman–Crippen MR) is 180 cm³/mol. The second kappa shape index (κ2) is 15.0. The number of sulfonamides is 1. The smallest absolute Gasteiger partial charge is 0.264 e. The van der Waals surface area contributed by atoms with E-state index in [9.17, 15) is 18.0 Å². The minimum atomic E-state index is -4.14. The van der Waals surface area contributed by atoms with Crippen LogP contribution in [0.15, 0.2) is 114 Å². The Bertz CT molecular complexity index is 1650. The highest BCUT2D eigenvalue weighted by atomic mass is 32.2. The van der Waals surface area contributed by atoms with Crippen molar-refractivity contribution in [1.29, 1.82) is 0 Å². The zero-order valence-electron chi connectivity index (χ0n) is 26.7. The van der Waals surface area contributed by atoms with Crippen LogP contribution in [-0.2, 0) is 32.6 Å². The van der Waals surface area contributed by atoms with E-state index >= 15 is 0 Å². The molecule has 2 amide bonds. The van der Waals surface area contributed by atoms with E-state index in [2.05, 4.69) is 19.2 Å². The Labute approximate surface area is 268 Å². The monoisotopic (exact) mass is 625 g/mol. The number of nitrogens with zero attached hydrogens (tertiary/aromatic N) is 2. The number of hydrogen-bond donors (Lipinski definition) is 1. The van der Waals surface area contributed by atoms with Crippen LogP contribution >= 0.6 is 0 Å². The number of hydrogen-bond acceptors (Lipinski definition) is 4. The van der Waals surface area contributed by atoms with Gasteiger partial charge in [-0.05, 0) is 67.6 Å². The molecule has 45 heavy (non-hydrogen) atoms. The Balaban J connectivity index is 1.80. The van der Waals surface area contributed by atoms with Crippen molar-refractivity contribution in [2.24, 2.45) is 0 Å². The van der Waals surface area contributed by atoms with E-state index in [0.717, 1.165) is 26.6 Å². The van der Waals surface area contributed by atoms with Crippen molar-refractivity contribution >= 4 is 27.5 Å². The molecule has 0 aliphatic heterocycles. The topological polar surface area (TPSA) is 86.8 Å². The Hall–Kier alpha value is -4.43. The van der Waals surface area contributed by atoms with E-state index in [1.54, 1.807) is 36.4 Å². The Morgan fingerprint density at radius 1 is 0.733 bits per heavy atom. The van der Waals surface area contributed by atoms with Crippen molar-refractivity contribution in [2.45, 2.75) is 70.5 Å². The second-order valence-electron chi connectivity index (χ2n) is 11.9. The number of aryl methyl sites for hydroxylation is 1. The van der Waals surface area contributed by atoms with Crippen molar-refractivity contribution in [3.05, 3.63) is 131 Å². The number of rotatable bonds is 13. The van der Waals surface area contributed by atoms with Gasteiger partial charge in [0.05, 0.1) is 10.6 Å². The summed E-state index contributed by atoms with van der Waals surface area (Å²) in [5.74, 6) is -0.530. The van der Waals surface area contributed by atoms with Crippen LogP contribution in [0.3, 0.4) is 0 Å². The number of amides is 2. The van der Waals surface area contributed by atoms with Gasteiger partial charge in [0.1, 0.15) is 12.6 Å². The van der Waals surface area contributed by atoms with E-state index in [1.165, 1.54) is 4.90 Å². The average Bonchev–Trinajstić information content (AvgIpc) is 3.02. The molecule has 0 aliphatic rings. The van der Waals surface area contributed by atoms with E-state index < -0.39 is 28.5 Å². The Morgan fingerprint density at radius 2 is 1.29 bits per heavy atom. The SMILES string of the molecule is Cc1ccc(S(=O)(=O)N(CC(=O)N(Cc2ccccc2)[C@@H](Cc2ccccc2)C(=O)NC(C)C)c2ccc(C(C)C)cc2)cc1. The third-order valence-electron chi connectivity index (χ3n) is 7.63. The van der Waals surface area contributed by atoms with E-state index in [-0.39, 0.29) is 35.7 Å². The van der Waals surface area contributed by atoms with Gasteiger partial charge in [0, 0.05) is 19.0 Å². The van der Waals surface area contributed by atoms with Gasteiger partial charge in [0.15, 0.2) is 0 Å². The largest absolute Gasteiger partial charge is 0.352 e. The molecule has 0 saturated heterocycles. The van der Waals surface area contributed by atoms with E-state index in [0.29, 0.717) is 5.69 Å². The molecule has 1 atom stereocenters. The number of carbonyl (C=O) groups is 2. The maximum absolute atomic E-state index is 14.5. The molecule has 8 heteroatoms. The van der Waals surface area contributed by atoms with Crippen LogP contribution in [0, 0.1) is 6.92 Å². The lowest BCUT2D eigenvalue weighted by Gasteiger charge is -2.34. The van der Waals surface area contributed by atoms with Gasteiger partial charge in [-0.2, -0.15) is 0 Å². The Morgan fingerprint density at radius 3 is 1.82 bits per heavy atom. The highest BCUT2D eigenvalue weighted by molar-refractivity contribution is 7.92. The van der Waals surface area contributed by atoms with Crippen LogP contribution in [-0.4, -0.2) is 43.8 Å². The molecule has 236 valence electrons. The lowest BCUT2D eigenvalue weighted by molar-refractivity contribution is -0.140. The molecule has 0 radical (unpaired) electrons. The Kier molecular flexibility index (Phi) is 11.2. The van der Waals surface area contributed by atoms with E-state index in [1.807, 2.05) is 93.6 Å². The molecule has 0 fully saturated rings. The summed E-state index contributed by atoms with van der Waals surface area (Å²) in [6, 6.07) is 31.8. The molecule has 0 saturated carbocycles. The molecular weight excluding hydrogens is 582 g/mol. The summed E-state index contributed by atoms with van der Waals surface area (Å²) in [6.07, 6.45) is 0.270. The first-order valence-corrected chi connectivity index (χ1v) is 16.8. The number of carbonyl (C=O) groups excluding carboxylic acids is 2. The molecule has 4 rings (SSSR count). The molecule has 4 aromatic rings. The van der Waals surface area contributed by atoms with E-state index in [4.69, 9.17) is 0 Å². The molecule has 1 N–H and O–H groups in total. The summed E-state index contributed by atoms with van der Waals surface area (Å²) in [5.41, 5.74) is 4.07. The highest BCUT2D eigenvalue weighted by Crippen LogP contribution is 2.27. The first kappa shape index (κ1) is 33.5. The molecule has 0 aliphatic carbocycles. The molecule has 0 aromatic heterocycles. The van der Waals surface area contributed by atoms with Gasteiger partial charge in [0.2, 0.25) is 11.8 Å². The van der Waals surface area contributed by atoms with Gasteiger partial charge in [-0.1, -0.05) is 104 Å². The maximum Gasteiger partial charge on any atom is 0.264 e. The third kappa shape index (κ3) is 8.82. The minimum absolute atomic E-state index is 0.0850. The summed E-state index contributed by atoms with van der Waals surface area (Å²) < 4.78 is 29.5. The van der Waals surface area contributed by atoms with Gasteiger partial charge < -0.3 is 10.2 Å². The molecule has 0 spiro atoms. The highest BCUT2D eigenvalue weighted by Gasteiger charge is 2.34. The second-order valence-corrected chi connectivity index (χ2v) is 13.8. The van der Waals surface area contributed by atoms with Gasteiger partial charge in [0.25, 0.3) is 10.0 Å². The molecule has 0 bridgehead atoms. The summed E-state index contributed by atoms with van der Waals surface area (Å²) >= 11 is 0. The maximum atomic E-state index is 14.5. The predicted octanol–water partition coefficient (Wildman–Crippen LogP) is 6.48. The summed E-state index contributed by atoms with van der Waals surface area (Å²) in [4.78, 5) is 29.9. The van der Waals surface area contributed by atoms with Crippen molar-refractivity contribution in [3.63, 3.8) is 0 Å². The fourth-order valence-electron chi connectivity index (χ4n) is 5.11. The van der Waals surface area contributed by atoms with Crippen LogP contribution in [0.25, 0.3) is 0 Å². The number of benzene rings is 4. The van der Waals surface area contributed by atoms with Crippen LogP contribution in [0.5, 0.6) is 0 Å². The standard InChI is InChI=1S/C37H43N3O4S/c1-27(2)32-18-20-33(21-19-32)40(45(43,44)34-22-16-29(5)17-23-34)26-36(41)39(25-31-14-10-7-11-15-31)35(37(42)38-28(3)4)24-30-12-8-6-9-13-30/h6-23,27-28,35H,24-26H2,1-5H3,(H,38,42)/t35-/m0/s1. The number of nitrogens with one attached hydrogen (secondary N) is 1. The first-order valence-electron chi connectivity index (χ1n) is 15.3. The zero-order chi connectivity index (χ0) is 32.6. The van der Waals surface area contributed by atoms with Gasteiger partial charge in [-0.25, -0.2) is 8.42 Å². The fourth-order valence-corrected chi connectivity index (χ4v) is 6.52. The quantitative estimate of drug-likeness (QED) is 0.184. The third-order valence-corrected chi connectivity index (χ3v) is 9.42. The molecular formula is C37H43N3O4S. The van der Waals surface area contributed by atoms with Crippen LogP contribution in [0.1, 0.15) is 55.9 Å². The van der Waals surface area contributed by atoms with Gasteiger partial charge in [-0.3, -0.25) is 13.9 Å². The average molecular weight is 626 g/mol. The fraction of sp³-hybridized carbons (Fsp3) is 0.297. The lowest BCUT2D eigenvalue weighted by Crippen LogP contribution is -2.54. The van der Waals surface area contributed by atoms with Gasteiger partial charge in [-0.15, -0.1) is 0 Å². The van der Waals surface area contributed by atoms with Crippen LogP contribution in [0.4, 0.5) is 5.69 Å². The van der Waals surface area contributed by atoms with Gasteiger partial charge >= 0.3 is 0 Å². The minimum Gasteiger partial charge on any atom is -0.352 e. The summed E-state index contributed by atoms with van der Waals surface area (Å²) in [5, 5.41) is 2.98. The van der Waals surface area contributed by atoms with Crippen molar-refractivity contribution in [2.75, 3.05) is 10.8 Å². The number of anilines is 1. The molecule has 0 unspecified atom stereocenters. The normalized spacial score (nSPS) is 12.2. The summed E-state index contributed by atoms with van der Waals surface area (Å²) in [6.45, 7) is 9.41. The van der Waals surface area contributed by atoms with Crippen molar-refractivity contribution in [3.8, 4) is 0 Å². The molecule has 0 heterocycles. The van der Waals surface area contributed by atoms with Crippen molar-refractivity contribution in [1.82, 2.24) is 10.2 Å². The van der Waals surface area contributed by atoms with Crippen molar-refractivity contribution < 1.29 is 18.0 Å². The van der Waals surface area contributed by atoms with Crippen LogP contribution in [0.2, 0.25) is 0 Å². The molecule has 4 aromatic carbocycles. The lowest BCUT2D eigenvalue weighted by atomic mass is 10.0. The molecule has 7 nitrogen and oxygen atoms in total. The summed E-state index contributed by atoms with van der Waals surface area (Å²) in [7, 11) is -4.14. The first-order chi connectivity index (χ1) is 21.5.